The minimum absolute atomic E-state index is 0.00851. The van der Waals surface area contributed by atoms with E-state index in [4.69, 9.17) is 14.2 Å². The Kier molecular flexibility index (Phi) is 6.68. The number of benzene rings is 2. The average Bonchev–Trinajstić information content (AvgIpc) is 2.95. The van der Waals surface area contributed by atoms with E-state index >= 15 is 0 Å². The summed E-state index contributed by atoms with van der Waals surface area (Å²) in [5.74, 6) is -5.96. The summed E-state index contributed by atoms with van der Waals surface area (Å²) in [7, 11) is -4.33. The fourth-order valence-electron chi connectivity index (χ4n) is 2.80. The fourth-order valence-corrected chi connectivity index (χ4v) is 3.29. The largest absolute Gasteiger partial charge is 0.459 e. The van der Waals surface area contributed by atoms with Crippen LogP contribution in [0, 0.1) is 0 Å². The standard InChI is InChI=1S/C20H18F2O8S/c1-31(25,26)30-19-20(21,22)16(29-18(24)14-10-6-3-7-11-14)15(28-19)12-27-17(23)13-8-4-2-5-9-13/h2-11,15-16,19H,12H2,1H3. The van der Waals surface area contributed by atoms with Gasteiger partial charge in [0.1, 0.15) is 12.7 Å². The van der Waals surface area contributed by atoms with Crippen molar-refractivity contribution in [1.82, 2.24) is 0 Å². The van der Waals surface area contributed by atoms with E-state index in [0.29, 0.717) is 6.26 Å². The Labute approximate surface area is 176 Å². The van der Waals surface area contributed by atoms with E-state index in [1.54, 1.807) is 24.3 Å². The van der Waals surface area contributed by atoms with Crippen LogP contribution in [0.25, 0.3) is 0 Å². The van der Waals surface area contributed by atoms with Crippen LogP contribution in [0.4, 0.5) is 8.78 Å². The van der Waals surface area contributed by atoms with Gasteiger partial charge in [-0.2, -0.15) is 17.2 Å². The third kappa shape index (κ3) is 5.63. The van der Waals surface area contributed by atoms with Crippen LogP contribution in [-0.4, -0.2) is 57.6 Å². The van der Waals surface area contributed by atoms with Crippen molar-refractivity contribution in [2.75, 3.05) is 12.9 Å². The summed E-state index contributed by atoms with van der Waals surface area (Å²) in [6, 6.07) is 15.1. The molecule has 31 heavy (non-hydrogen) atoms. The van der Waals surface area contributed by atoms with Gasteiger partial charge in [0.25, 0.3) is 10.1 Å². The zero-order valence-electron chi connectivity index (χ0n) is 16.1. The van der Waals surface area contributed by atoms with Crippen LogP contribution in [0.15, 0.2) is 60.7 Å². The van der Waals surface area contributed by atoms with Crippen molar-refractivity contribution in [3.63, 3.8) is 0 Å². The van der Waals surface area contributed by atoms with E-state index < -0.39 is 53.1 Å². The summed E-state index contributed by atoms with van der Waals surface area (Å²) in [6.07, 6.45) is -5.94. The minimum Gasteiger partial charge on any atom is -0.459 e. The molecule has 0 saturated carbocycles. The van der Waals surface area contributed by atoms with E-state index in [0.717, 1.165) is 0 Å². The number of carbonyl (C=O) groups is 2. The Hall–Kier alpha value is -2.89. The number of hydrogen-bond acceptors (Lipinski definition) is 8. The molecule has 3 rings (SSSR count). The van der Waals surface area contributed by atoms with Gasteiger partial charge in [0.2, 0.25) is 12.4 Å². The van der Waals surface area contributed by atoms with Gasteiger partial charge in [-0.05, 0) is 24.3 Å². The molecule has 2 aromatic rings. The molecule has 3 atom stereocenters. The third-order valence-electron chi connectivity index (χ3n) is 4.22. The molecule has 1 heterocycles. The summed E-state index contributed by atoms with van der Waals surface area (Å²) in [5.41, 5.74) is 0.153. The number of halogens is 2. The van der Waals surface area contributed by atoms with Gasteiger partial charge in [-0.25, -0.2) is 13.8 Å². The normalized spacial score (nSPS) is 22.6. The Bertz CT molecular complexity index is 1030. The summed E-state index contributed by atoms with van der Waals surface area (Å²) in [5, 5.41) is 0. The Morgan fingerprint density at radius 3 is 2.00 bits per heavy atom. The van der Waals surface area contributed by atoms with Crippen LogP contribution in [0.2, 0.25) is 0 Å². The molecule has 1 fully saturated rings. The Morgan fingerprint density at radius 1 is 0.968 bits per heavy atom. The number of esters is 2. The molecule has 1 aliphatic rings. The van der Waals surface area contributed by atoms with Gasteiger partial charge in [0, 0.05) is 0 Å². The molecule has 0 spiro atoms. The molecule has 1 aliphatic heterocycles. The second kappa shape index (κ2) is 9.08. The van der Waals surface area contributed by atoms with Crippen molar-refractivity contribution in [3.8, 4) is 0 Å². The van der Waals surface area contributed by atoms with Crippen molar-refractivity contribution in [2.45, 2.75) is 24.4 Å². The topological polar surface area (TPSA) is 105 Å². The second-order valence-electron chi connectivity index (χ2n) is 6.64. The summed E-state index contributed by atoms with van der Waals surface area (Å²) in [6.45, 7) is -0.736. The fraction of sp³-hybridized carbons (Fsp3) is 0.300. The number of rotatable bonds is 7. The van der Waals surface area contributed by atoms with Gasteiger partial charge in [0.15, 0.2) is 0 Å². The highest BCUT2D eigenvalue weighted by Gasteiger charge is 2.63. The van der Waals surface area contributed by atoms with E-state index in [1.165, 1.54) is 36.4 Å². The van der Waals surface area contributed by atoms with E-state index in [9.17, 15) is 26.8 Å². The van der Waals surface area contributed by atoms with Gasteiger partial charge < -0.3 is 14.2 Å². The van der Waals surface area contributed by atoms with Crippen molar-refractivity contribution >= 4 is 22.1 Å². The molecular formula is C20H18F2O8S. The number of alkyl halides is 2. The highest BCUT2D eigenvalue weighted by molar-refractivity contribution is 7.86. The first-order valence-electron chi connectivity index (χ1n) is 8.97. The van der Waals surface area contributed by atoms with Gasteiger partial charge in [-0.3, -0.25) is 0 Å². The van der Waals surface area contributed by atoms with E-state index in [1.807, 2.05) is 0 Å². The van der Waals surface area contributed by atoms with Gasteiger partial charge in [-0.1, -0.05) is 36.4 Å². The molecule has 11 heteroatoms. The molecule has 0 amide bonds. The van der Waals surface area contributed by atoms with Gasteiger partial charge in [0.05, 0.1) is 17.4 Å². The van der Waals surface area contributed by atoms with E-state index in [2.05, 4.69) is 4.18 Å². The van der Waals surface area contributed by atoms with Crippen LogP contribution in [0.1, 0.15) is 20.7 Å². The van der Waals surface area contributed by atoms with Crippen LogP contribution in [0.3, 0.4) is 0 Å². The third-order valence-corrected chi connectivity index (χ3v) is 4.75. The Balaban J connectivity index is 1.79. The molecule has 1 saturated heterocycles. The Morgan fingerprint density at radius 2 is 1.48 bits per heavy atom. The summed E-state index contributed by atoms with van der Waals surface area (Å²) < 4.78 is 71.6. The smallest absolute Gasteiger partial charge is 0.338 e. The molecular weight excluding hydrogens is 438 g/mol. The first kappa shape index (κ1) is 22.8. The van der Waals surface area contributed by atoms with Crippen LogP contribution in [-0.2, 0) is 28.5 Å². The molecule has 166 valence electrons. The quantitative estimate of drug-likeness (QED) is 0.462. The molecule has 0 aliphatic carbocycles. The zero-order chi connectivity index (χ0) is 22.6. The number of hydrogen-bond donors (Lipinski definition) is 0. The highest BCUT2D eigenvalue weighted by Crippen LogP contribution is 2.40. The molecule has 0 radical (unpaired) electrons. The maximum atomic E-state index is 14.8. The summed E-state index contributed by atoms with van der Waals surface area (Å²) >= 11 is 0. The first-order chi connectivity index (χ1) is 14.6. The predicted molar refractivity (Wildman–Crippen MR) is 102 cm³/mol. The lowest BCUT2D eigenvalue weighted by Gasteiger charge is -2.23. The molecule has 0 aromatic heterocycles. The maximum absolute atomic E-state index is 14.8. The molecule has 0 bridgehead atoms. The molecule has 2 aromatic carbocycles. The van der Waals surface area contributed by atoms with E-state index in [-0.39, 0.29) is 11.1 Å². The van der Waals surface area contributed by atoms with Crippen LogP contribution < -0.4 is 0 Å². The first-order valence-corrected chi connectivity index (χ1v) is 10.8. The molecule has 0 N–H and O–H groups in total. The highest BCUT2D eigenvalue weighted by atomic mass is 32.2. The van der Waals surface area contributed by atoms with Crippen molar-refractivity contribution < 1.29 is 45.2 Å². The lowest BCUT2D eigenvalue weighted by atomic mass is 10.1. The lowest BCUT2D eigenvalue weighted by molar-refractivity contribution is -0.183. The SMILES string of the molecule is CS(=O)(=O)OC1OC(COC(=O)c2ccccc2)C(OC(=O)c2ccccc2)C1(F)F. The van der Waals surface area contributed by atoms with Crippen molar-refractivity contribution in [2.24, 2.45) is 0 Å². The lowest BCUT2D eigenvalue weighted by Crippen LogP contribution is -2.45. The van der Waals surface area contributed by atoms with Gasteiger partial charge >= 0.3 is 17.9 Å². The van der Waals surface area contributed by atoms with Gasteiger partial charge in [-0.15, -0.1) is 0 Å². The van der Waals surface area contributed by atoms with Crippen LogP contribution in [0.5, 0.6) is 0 Å². The molecule has 8 nitrogen and oxygen atoms in total. The monoisotopic (exact) mass is 456 g/mol. The zero-order valence-corrected chi connectivity index (χ0v) is 17.0. The average molecular weight is 456 g/mol. The van der Waals surface area contributed by atoms with Crippen molar-refractivity contribution in [1.29, 1.82) is 0 Å². The predicted octanol–water partition coefficient (Wildman–Crippen LogP) is 2.41. The maximum Gasteiger partial charge on any atom is 0.338 e. The number of ether oxygens (including phenoxy) is 3. The van der Waals surface area contributed by atoms with Crippen LogP contribution >= 0.6 is 0 Å². The minimum atomic E-state index is -4.33. The molecule has 3 unspecified atom stereocenters. The second-order valence-corrected chi connectivity index (χ2v) is 8.24. The number of carbonyl (C=O) groups excluding carboxylic acids is 2. The summed E-state index contributed by atoms with van der Waals surface area (Å²) in [4.78, 5) is 24.4. The van der Waals surface area contributed by atoms with Crippen molar-refractivity contribution in [3.05, 3.63) is 71.8 Å².